The number of nitrogens with one attached hydrogen (secondary N) is 1. The molecule has 0 radical (unpaired) electrons. The molecule has 33 heavy (non-hydrogen) atoms. The van der Waals surface area contributed by atoms with Gasteiger partial charge in [0.05, 0.1) is 50.8 Å². The number of urea groups is 1. The highest BCUT2D eigenvalue weighted by Gasteiger charge is 2.33. The molecule has 11 nitrogen and oxygen atoms in total. The Kier molecular flexibility index (Phi) is 7.14. The largest absolute Gasteiger partial charge is 0.442 e. The molecule has 180 valence electrons. The third-order valence-corrected chi connectivity index (χ3v) is 5.71. The molecule has 4 amide bonds. The fraction of sp³-hybridized carbons (Fsp3) is 0.571. The SMILES string of the molecule is CC(=O)NC[C@H]1CN(c2ccc(N3CCON(C(=O)N4CCOCC4)CC3)c(F)c2)C(=O)O1. The second-order valence-corrected chi connectivity index (χ2v) is 7.99. The summed E-state index contributed by atoms with van der Waals surface area (Å²) in [5.41, 5.74) is 0.743. The van der Waals surface area contributed by atoms with Crippen LogP contribution in [-0.4, -0.2) is 99.7 Å². The molecule has 3 heterocycles. The van der Waals surface area contributed by atoms with Crippen LogP contribution in [0.1, 0.15) is 6.92 Å². The highest BCUT2D eigenvalue weighted by Crippen LogP contribution is 2.28. The Morgan fingerprint density at radius 3 is 2.64 bits per heavy atom. The number of amides is 4. The fourth-order valence-electron chi connectivity index (χ4n) is 3.97. The van der Waals surface area contributed by atoms with Gasteiger partial charge in [0.15, 0.2) is 0 Å². The number of halogens is 1. The molecule has 3 saturated heterocycles. The lowest BCUT2D eigenvalue weighted by Gasteiger charge is -2.31. The number of carbonyl (C=O) groups excluding carboxylic acids is 3. The van der Waals surface area contributed by atoms with Crippen LogP contribution < -0.4 is 15.1 Å². The van der Waals surface area contributed by atoms with E-state index in [2.05, 4.69) is 5.32 Å². The van der Waals surface area contributed by atoms with E-state index in [-0.39, 0.29) is 31.6 Å². The number of hydrogen-bond acceptors (Lipinski definition) is 7. The summed E-state index contributed by atoms with van der Waals surface area (Å²) in [4.78, 5) is 46.4. The van der Waals surface area contributed by atoms with Gasteiger partial charge < -0.3 is 24.6 Å². The van der Waals surface area contributed by atoms with Crippen LogP contribution in [0.4, 0.5) is 25.4 Å². The molecule has 1 aromatic carbocycles. The molecule has 0 spiro atoms. The van der Waals surface area contributed by atoms with E-state index in [0.717, 1.165) is 0 Å². The maximum Gasteiger partial charge on any atom is 0.414 e. The fourth-order valence-corrected chi connectivity index (χ4v) is 3.97. The van der Waals surface area contributed by atoms with Crippen molar-refractivity contribution >= 4 is 29.4 Å². The van der Waals surface area contributed by atoms with Gasteiger partial charge in [-0.1, -0.05) is 0 Å². The van der Waals surface area contributed by atoms with Crippen LogP contribution in [0.15, 0.2) is 18.2 Å². The van der Waals surface area contributed by atoms with E-state index in [4.69, 9.17) is 14.3 Å². The number of carbonyl (C=O) groups is 3. The number of nitrogens with zero attached hydrogens (tertiary/aromatic N) is 4. The Morgan fingerprint density at radius 2 is 1.91 bits per heavy atom. The molecule has 3 aliphatic heterocycles. The van der Waals surface area contributed by atoms with Gasteiger partial charge in [-0.05, 0) is 18.2 Å². The van der Waals surface area contributed by atoms with Crippen LogP contribution in [0.25, 0.3) is 0 Å². The summed E-state index contributed by atoms with van der Waals surface area (Å²) in [6.07, 6.45) is -1.08. The summed E-state index contributed by atoms with van der Waals surface area (Å²) >= 11 is 0. The molecular weight excluding hydrogens is 437 g/mol. The van der Waals surface area contributed by atoms with Crippen LogP contribution in [0, 0.1) is 5.82 Å². The predicted molar refractivity (Wildman–Crippen MR) is 115 cm³/mol. The number of anilines is 2. The van der Waals surface area contributed by atoms with Gasteiger partial charge in [0.25, 0.3) is 0 Å². The number of hydrogen-bond donors (Lipinski definition) is 1. The van der Waals surface area contributed by atoms with E-state index >= 15 is 4.39 Å². The Labute approximate surface area is 190 Å². The quantitative estimate of drug-likeness (QED) is 0.701. The van der Waals surface area contributed by atoms with Crippen molar-refractivity contribution in [2.24, 2.45) is 0 Å². The van der Waals surface area contributed by atoms with Gasteiger partial charge in [-0.3, -0.25) is 14.5 Å². The van der Waals surface area contributed by atoms with Crippen LogP contribution in [0.2, 0.25) is 0 Å². The average molecular weight is 465 g/mol. The summed E-state index contributed by atoms with van der Waals surface area (Å²) in [7, 11) is 0. The third-order valence-electron chi connectivity index (χ3n) is 5.71. The molecule has 0 aliphatic carbocycles. The summed E-state index contributed by atoms with van der Waals surface area (Å²) in [6, 6.07) is 4.35. The van der Waals surface area contributed by atoms with E-state index in [1.165, 1.54) is 23.0 Å². The first kappa shape index (κ1) is 23.1. The van der Waals surface area contributed by atoms with Gasteiger partial charge >= 0.3 is 12.1 Å². The van der Waals surface area contributed by atoms with E-state index in [1.54, 1.807) is 17.0 Å². The van der Waals surface area contributed by atoms with Gasteiger partial charge in [-0.15, -0.1) is 0 Å². The maximum absolute atomic E-state index is 15.0. The van der Waals surface area contributed by atoms with Gasteiger partial charge in [-0.25, -0.2) is 19.0 Å². The minimum Gasteiger partial charge on any atom is -0.442 e. The monoisotopic (exact) mass is 465 g/mol. The molecule has 1 aromatic rings. The molecule has 0 aromatic heterocycles. The van der Waals surface area contributed by atoms with Crippen molar-refractivity contribution < 1.29 is 33.1 Å². The number of rotatable bonds is 4. The number of benzene rings is 1. The molecule has 3 aliphatic rings. The van der Waals surface area contributed by atoms with Crippen molar-refractivity contribution in [1.29, 1.82) is 0 Å². The standard InChI is InChI=1S/C21H28FN5O6/c1-15(28)23-13-17-14-26(21(30)33-17)16-2-3-19(18(22)12-16)24-4-5-27(32-11-8-24)20(29)25-6-9-31-10-7-25/h2-3,12,17H,4-11,13-14H2,1H3,(H,23,28)/t17-/m0/s1. The Balaban J connectivity index is 1.37. The summed E-state index contributed by atoms with van der Waals surface area (Å²) in [5.74, 6) is -0.704. The van der Waals surface area contributed by atoms with Crippen molar-refractivity contribution in [2.45, 2.75) is 13.0 Å². The lowest BCUT2D eigenvalue weighted by Crippen LogP contribution is -2.48. The van der Waals surface area contributed by atoms with Crippen molar-refractivity contribution in [1.82, 2.24) is 15.3 Å². The Bertz CT molecular complexity index is 896. The van der Waals surface area contributed by atoms with Crippen molar-refractivity contribution in [2.75, 3.05) is 75.4 Å². The molecule has 0 saturated carbocycles. The number of hydroxylamine groups is 2. The molecule has 0 unspecified atom stereocenters. The first-order valence-electron chi connectivity index (χ1n) is 11.0. The normalized spacial score (nSPS) is 21.6. The lowest BCUT2D eigenvalue weighted by atomic mass is 10.2. The van der Waals surface area contributed by atoms with Crippen molar-refractivity contribution in [3.05, 3.63) is 24.0 Å². The smallest absolute Gasteiger partial charge is 0.414 e. The first-order valence-corrected chi connectivity index (χ1v) is 11.0. The molecule has 4 rings (SSSR count). The molecule has 12 heteroatoms. The summed E-state index contributed by atoms with van der Waals surface area (Å²) < 4.78 is 25.5. The van der Waals surface area contributed by atoms with Crippen LogP contribution in [-0.2, 0) is 19.1 Å². The number of ether oxygens (including phenoxy) is 2. The highest BCUT2D eigenvalue weighted by atomic mass is 19.1. The topological polar surface area (TPSA) is 104 Å². The van der Waals surface area contributed by atoms with Gasteiger partial charge in [0.2, 0.25) is 5.91 Å². The second kappa shape index (κ2) is 10.2. The van der Waals surface area contributed by atoms with Gasteiger partial charge in [0.1, 0.15) is 11.9 Å². The predicted octanol–water partition coefficient (Wildman–Crippen LogP) is 0.793. The number of morpholine rings is 1. The van der Waals surface area contributed by atoms with E-state index < -0.39 is 18.0 Å². The van der Waals surface area contributed by atoms with Gasteiger partial charge in [-0.2, -0.15) is 0 Å². The summed E-state index contributed by atoms with van der Waals surface area (Å²) in [5, 5.41) is 3.94. The molecular formula is C21H28FN5O6. The van der Waals surface area contributed by atoms with Crippen molar-refractivity contribution in [3.8, 4) is 0 Å². The molecule has 0 bridgehead atoms. The zero-order valence-corrected chi connectivity index (χ0v) is 18.5. The van der Waals surface area contributed by atoms with Crippen LogP contribution in [0.5, 0.6) is 0 Å². The maximum atomic E-state index is 15.0. The number of cyclic esters (lactones) is 1. The first-order chi connectivity index (χ1) is 15.9. The van der Waals surface area contributed by atoms with Crippen LogP contribution in [0.3, 0.4) is 0 Å². The molecule has 1 N–H and O–H groups in total. The zero-order chi connectivity index (χ0) is 23.4. The zero-order valence-electron chi connectivity index (χ0n) is 18.5. The van der Waals surface area contributed by atoms with E-state index in [9.17, 15) is 14.4 Å². The second-order valence-electron chi connectivity index (χ2n) is 7.99. The minimum absolute atomic E-state index is 0.200. The highest BCUT2D eigenvalue weighted by molar-refractivity contribution is 5.90. The Hall–Kier alpha value is -3.12. The van der Waals surface area contributed by atoms with E-state index in [1.807, 2.05) is 4.90 Å². The average Bonchev–Trinajstić information content (AvgIpc) is 3.02. The van der Waals surface area contributed by atoms with Crippen LogP contribution >= 0.6 is 0 Å². The summed E-state index contributed by atoms with van der Waals surface area (Å²) in [6.45, 7) is 5.18. The van der Waals surface area contributed by atoms with E-state index in [0.29, 0.717) is 57.3 Å². The molecule has 1 atom stereocenters. The molecule has 3 fully saturated rings. The lowest BCUT2D eigenvalue weighted by molar-refractivity contribution is -0.119. The van der Waals surface area contributed by atoms with Crippen molar-refractivity contribution in [3.63, 3.8) is 0 Å². The third kappa shape index (κ3) is 5.45. The minimum atomic E-state index is -0.585. The van der Waals surface area contributed by atoms with Gasteiger partial charge in [0, 0.05) is 33.1 Å². The Morgan fingerprint density at radius 1 is 1.12 bits per heavy atom.